The second kappa shape index (κ2) is 7.62. The van der Waals surface area contributed by atoms with E-state index < -0.39 is 0 Å². The molecule has 1 aromatic carbocycles. The first-order chi connectivity index (χ1) is 8.99. The van der Waals surface area contributed by atoms with Gasteiger partial charge in [0.1, 0.15) is 0 Å². The van der Waals surface area contributed by atoms with Gasteiger partial charge in [-0.15, -0.1) is 0 Å². The molecule has 6 heteroatoms. The van der Waals surface area contributed by atoms with E-state index in [1.165, 1.54) is 0 Å². The minimum atomic E-state index is 0.0672. The fraction of sp³-hybridized carbons (Fsp3) is 0.462. The van der Waals surface area contributed by atoms with Crippen molar-refractivity contribution in [3.05, 3.63) is 34.3 Å². The van der Waals surface area contributed by atoms with E-state index in [2.05, 4.69) is 30.3 Å². The van der Waals surface area contributed by atoms with Gasteiger partial charge in [0.15, 0.2) is 5.84 Å². The first-order valence-corrected chi connectivity index (χ1v) is 7.72. The molecule has 0 aromatic heterocycles. The number of thioether (sulfide) groups is 1. The molecular formula is C13H20ClN3OS. The molecule has 0 aliphatic heterocycles. The predicted molar refractivity (Wildman–Crippen MR) is 83.3 cm³/mol. The summed E-state index contributed by atoms with van der Waals surface area (Å²) in [7, 11) is 2.08. The van der Waals surface area contributed by atoms with E-state index in [9.17, 15) is 0 Å². The molecule has 1 unspecified atom stereocenters. The van der Waals surface area contributed by atoms with Gasteiger partial charge in [-0.05, 0) is 31.9 Å². The molecule has 0 spiro atoms. The molecule has 0 heterocycles. The van der Waals surface area contributed by atoms with Crippen LogP contribution in [0.4, 0.5) is 0 Å². The van der Waals surface area contributed by atoms with Crippen LogP contribution in [0, 0.1) is 0 Å². The second-order valence-electron chi connectivity index (χ2n) is 4.51. The summed E-state index contributed by atoms with van der Waals surface area (Å²) in [4.78, 5) is 2.25. The van der Waals surface area contributed by atoms with Crippen LogP contribution in [0.15, 0.2) is 23.4 Å². The first kappa shape index (κ1) is 16.1. The third-order valence-corrected chi connectivity index (χ3v) is 4.20. The van der Waals surface area contributed by atoms with Gasteiger partial charge < -0.3 is 10.9 Å². The van der Waals surface area contributed by atoms with Crippen LogP contribution < -0.4 is 5.73 Å². The molecule has 0 saturated carbocycles. The van der Waals surface area contributed by atoms with Crippen molar-refractivity contribution >= 4 is 29.2 Å². The first-order valence-electron chi connectivity index (χ1n) is 5.95. The summed E-state index contributed by atoms with van der Waals surface area (Å²) in [5, 5.41) is 12.2. The summed E-state index contributed by atoms with van der Waals surface area (Å²) in [5.74, 6) is 1.15. The van der Waals surface area contributed by atoms with E-state index in [1.807, 2.05) is 23.9 Å². The lowest BCUT2D eigenvalue weighted by atomic mass is 10.1. The maximum absolute atomic E-state index is 8.63. The molecule has 0 aliphatic rings. The van der Waals surface area contributed by atoms with Crippen LogP contribution in [-0.2, 0) is 6.54 Å². The number of oxime groups is 1. The van der Waals surface area contributed by atoms with Gasteiger partial charge >= 0.3 is 0 Å². The fourth-order valence-corrected chi connectivity index (χ4v) is 2.66. The Morgan fingerprint density at radius 2 is 2.26 bits per heavy atom. The van der Waals surface area contributed by atoms with Gasteiger partial charge in [0.2, 0.25) is 0 Å². The molecule has 1 atom stereocenters. The lowest BCUT2D eigenvalue weighted by Gasteiger charge is -2.24. The Kier molecular flexibility index (Phi) is 6.48. The minimum Gasteiger partial charge on any atom is -0.409 e. The van der Waals surface area contributed by atoms with Crippen LogP contribution in [0.1, 0.15) is 18.1 Å². The van der Waals surface area contributed by atoms with Gasteiger partial charge in [-0.3, -0.25) is 4.90 Å². The van der Waals surface area contributed by atoms with Crippen LogP contribution in [0.25, 0.3) is 0 Å². The average molecular weight is 302 g/mol. The standard InChI is InChI=1S/C13H20ClN3OS/c1-9(8-19-3)17(2)7-11-5-4-10(6-12(11)14)13(15)16-18/h4-6,9,18H,7-8H2,1-3H3,(H2,15,16). The second-order valence-corrected chi connectivity index (χ2v) is 5.83. The van der Waals surface area contributed by atoms with Crippen molar-refractivity contribution in [3.63, 3.8) is 0 Å². The normalized spacial score (nSPS) is 13.8. The maximum Gasteiger partial charge on any atom is 0.170 e. The number of hydrogen-bond acceptors (Lipinski definition) is 4. The van der Waals surface area contributed by atoms with Crippen molar-refractivity contribution < 1.29 is 5.21 Å². The van der Waals surface area contributed by atoms with Crippen molar-refractivity contribution in [1.29, 1.82) is 0 Å². The number of nitrogens with zero attached hydrogens (tertiary/aromatic N) is 2. The molecule has 1 aromatic rings. The summed E-state index contributed by atoms with van der Waals surface area (Å²) < 4.78 is 0. The Morgan fingerprint density at radius 1 is 1.58 bits per heavy atom. The largest absolute Gasteiger partial charge is 0.409 e. The number of benzene rings is 1. The van der Waals surface area contributed by atoms with Gasteiger partial charge in [0.25, 0.3) is 0 Å². The summed E-state index contributed by atoms with van der Waals surface area (Å²) in [6.45, 7) is 2.96. The van der Waals surface area contributed by atoms with E-state index in [0.717, 1.165) is 17.9 Å². The number of nitrogens with two attached hydrogens (primary N) is 1. The predicted octanol–water partition coefficient (Wildman–Crippen LogP) is 2.62. The molecule has 19 heavy (non-hydrogen) atoms. The third-order valence-electron chi connectivity index (χ3n) is 3.04. The van der Waals surface area contributed by atoms with Crippen LogP contribution in [0.3, 0.4) is 0 Å². The highest BCUT2D eigenvalue weighted by Gasteiger charge is 2.12. The van der Waals surface area contributed by atoms with E-state index >= 15 is 0 Å². The number of rotatable bonds is 6. The number of halogens is 1. The molecular weight excluding hydrogens is 282 g/mol. The molecule has 4 nitrogen and oxygen atoms in total. The summed E-state index contributed by atoms with van der Waals surface area (Å²) >= 11 is 8.06. The minimum absolute atomic E-state index is 0.0672. The van der Waals surface area contributed by atoms with Crippen molar-refractivity contribution in [1.82, 2.24) is 4.90 Å². The van der Waals surface area contributed by atoms with Gasteiger partial charge in [0.05, 0.1) is 0 Å². The zero-order valence-corrected chi connectivity index (χ0v) is 13.0. The molecule has 0 saturated heterocycles. The Balaban J connectivity index is 2.80. The monoisotopic (exact) mass is 301 g/mol. The summed E-state index contributed by atoms with van der Waals surface area (Å²) in [6, 6.07) is 5.93. The van der Waals surface area contributed by atoms with Gasteiger partial charge in [0, 0.05) is 28.9 Å². The van der Waals surface area contributed by atoms with Crippen LogP contribution >= 0.6 is 23.4 Å². The highest BCUT2D eigenvalue weighted by molar-refractivity contribution is 7.98. The average Bonchev–Trinajstić information content (AvgIpc) is 2.40. The van der Waals surface area contributed by atoms with E-state index in [-0.39, 0.29) is 5.84 Å². The molecule has 1 rings (SSSR count). The van der Waals surface area contributed by atoms with Crippen LogP contribution in [-0.4, -0.2) is 41.0 Å². The highest BCUT2D eigenvalue weighted by Crippen LogP contribution is 2.20. The fourth-order valence-electron chi connectivity index (χ4n) is 1.69. The molecule has 0 fully saturated rings. The Morgan fingerprint density at radius 3 is 2.79 bits per heavy atom. The summed E-state index contributed by atoms with van der Waals surface area (Å²) in [5.41, 5.74) is 7.19. The number of hydrogen-bond donors (Lipinski definition) is 2. The Bertz CT molecular complexity index is 454. The van der Waals surface area contributed by atoms with Gasteiger partial charge in [-0.2, -0.15) is 11.8 Å². The molecule has 106 valence electrons. The van der Waals surface area contributed by atoms with Gasteiger partial charge in [-0.1, -0.05) is 28.9 Å². The lowest BCUT2D eigenvalue weighted by Crippen LogP contribution is -2.30. The van der Waals surface area contributed by atoms with E-state index in [0.29, 0.717) is 16.6 Å². The van der Waals surface area contributed by atoms with Gasteiger partial charge in [-0.25, -0.2) is 0 Å². The highest BCUT2D eigenvalue weighted by atomic mass is 35.5. The molecule has 3 N–H and O–H groups in total. The van der Waals surface area contributed by atoms with Crippen LogP contribution in [0.5, 0.6) is 0 Å². The molecule has 0 radical (unpaired) electrons. The molecule has 0 amide bonds. The Labute approximate surface area is 123 Å². The zero-order chi connectivity index (χ0) is 14.4. The van der Waals surface area contributed by atoms with Crippen molar-refractivity contribution in [2.75, 3.05) is 19.1 Å². The van der Waals surface area contributed by atoms with Crippen molar-refractivity contribution in [2.24, 2.45) is 10.9 Å². The topological polar surface area (TPSA) is 61.8 Å². The van der Waals surface area contributed by atoms with E-state index in [4.69, 9.17) is 22.5 Å². The maximum atomic E-state index is 8.63. The SMILES string of the molecule is CSCC(C)N(C)Cc1ccc(/C(N)=N/O)cc1Cl. The van der Waals surface area contributed by atoms with Crippen molar-refractivity contribution in [2.45, 2.75) is 19.5 Å². The van der Waals surface area contributed by atoms with Crippen LogP contribution in [0.2, 0.25) is 5.02 Å². The summed E-state index contributed by atoms with van der Waals surface area (Å²) in [6.07, 6.45) is 2.10. The number of amidine groups is 1. The smallest absolute Gasteiger partial charge is 0.170 e. The van der Waals surface area contributed by atoms with E-state index in [1.54, 1.807) is 6.07 Å². The van der Waals surface area contributed by atoms with Crippen molar-refractivity contribution in [3.8, 4) is 0 Å². The molecule has 0 aliphatic carbocycles. The zero-order valence-electron chi connectivity index (χ0n) is 11.4. The third kappa shape index (κ3) is 4.60. The Hall–Kier alpha value is -0.910. The molecule has 0 bridgehead atoms. The lowest BCUT2D eigenvalue weighted by molar-refractivity contribution is 0.270. The quantitative estimate of drug-likeness (QED) is 0.367.